The van der Waals surface area contributed by atoms with Crippen LogP contribution in [0.1, 0.15) is 116 Å². The molecule has 0 aromatic rings. The number of hydrogen-bond acceptors (Lipinski definition) is 2. The van der Waals surface area contributed by atoms with Crippen LogP contribution >= 0.6 is 0 Å². The number of carbonyl (C=O) groups excluding carboxylic acids is 1. The van der Waals surface area contributed by atoms with Crippen molar-refractivity contribution >= 4 is 13.2 Å². The monoisotopic (exact) mass is 414 g/mol. The van der Waals surface area contributed by atoms with Crippen molar-refractivity contribution in [2.75, 3.05) is 6.61 Å². The zero-order valence-corrected chi connectivity index (χ0v) is 19.6. The quantitative estimate of drug-likeness (QED) is 0.508. The summed E-state index contributed by atoms with van der Waals surface area (Å²) in [5, 5.41) is 3.39. The molecule has 0 aromatic carbocycles. The summed E-state index contributed by atoms with van der Waals surface area (Å²) in [5.41, 5.74) is 0.707. The number of hydrogen-bond donors (Lipinski definition) is 1. The Kier molecular flexibility index (Phi) is 7.87. The van der Waals surface area contributed by atoms with E-state index in [-0.39, 0.29) is 18.1 Å². The third-order valence-electron chi connectivity index (χ3n) is 9.07. The predicted octanol–water partition coefficient (Wildman–Crippen LogP) is 6.45. The molecular weight excluding hydrogens is 369 g/mol. The molecule has 5 aliphatic carbocycles. The third kappa shape index (κ3) is 5.45. The fraction of sp³-hybridized carbons (Fsp3) is 0.962. The van der Waals surface area contributed by atoms with Gasteiger partial charge in [0.05, 0.1) is 6.10 Å². The average molecular weight is 414 g/mol. The second-order valence-corrected chi connectivity index (χ2v) is 11.4. The molecule has 1 N–H and O–H groups in total. The van der Waals surface area contributed by atoms with Crippen molar-refractivity contribution in [1.29, 1.82) is 0 Å². The maximum atomic E-state index is 12.6. The van der Waals surface area contributed by atoms with Crippen molar-refractivity contribution in [2.45, 2.75) is 140 Å². The van der Waals surface area contributed by atoms with Gasteiger partial charge in [-0.15, -0.1) is 0 Å². The van der Waals surface area contributed by atoms with Crippen LogP contribution in [-0.2, 0) is 9.53 Å². The van der Waals surface area contributed by atoms with Gasteiger partial charge in [0, 0.05) is 5.54 Å². The zero-order chi connectivity index (χ0) is 20.9. The molecular formula is C26H45BNO2. The number of ether oxygens (including phenoxy) is 1. The van der Waals surface area contributed by atoms with Gasteiger partial charge in [-0.3, -0.25) is 4.79 Å². The van der Waals surface area contributed by atoms with E-state index in [4.69, 9.17) is 4.74 Å². The van der Waals surface area contributed by atoms with E-state index >= 15 is 0 Å². The van der Waals surface area contributed by atoms with Crippen LogP contribution in [0.4, 0.5) is 0 Å². The molecule has 4 heteroatoms. The Labute approximate surface area is 186 Å². The molecule has 2 unspecified atom stereocenters. The Balaban J connectivity index is 1.17. The Bertz CT molecular complexity index is 535. The molecule has 1 radical (unpaired) electrons. The van der Waals surface area contributed by atoms with Crippen LogP contribution in [0.15, 0.2) is 0 Å². The van der Waals surface area contributed by atoms with E-state index in [1.807, 2.05) is 0 Å². The normalized spacial score (nSPS) is 38.3. The Morgan fingerprint density at radius 2 is 1.40 bits per heavy atom. The fourth-order valence-corrected chi connectivity index (χ4v) is 7.38. The first-order valence-corrected chi connectivity index (χ1v) is 13.4. The van der Waals surface area contributed by atoms with E-state index in [0.717, 1.165) is 24.6 Å². The molecule has 0 saturated heterocycles. The minimum Gasteiger partial charge on any atom is -0.368 e. The molecule has 169 valence electrons. The number of carbonyl (C=O) groups is 1. The summed E-state index contributed by atoms with van der Waals surface area (Å²) in [7, 11) is 2.44. The van der Waals surface area contributed by atoms with Crippen LogP contribution < -0.4 is 5.32 Å². The van der Waals surface area contributed by atoms with Crippen LogP contribution in [-0.4, -0.2) is 31.4 Å². The standard InChI is InChI=1S/C26H45BNO2/c1-27-22-13-9-8-11-21(12-10-14-22)25-18-26(19-25,20-25)28-24(29)17-30-23-15-6-4-2-3-5-7-16-23/h21-23H,2-20H2,1H3,(H,28,29). The summed E-state index contributed by atoms with van der Waals surface area (Å²) in [6, 6.07) is 0. The minimum absolute atomic E-state index is 0.136. The highest BCUT2D eigenvalue weighted by Crippen LogP contribution is 2.72. The molecule has 0 heterocycles. The summed E-state index contributed by atoms with van der Waals surface area (Å²) >= 11 is 0. The van der Waals surface area contributed by atoms with E-state index in [0.29, 0.717) is 11.5 Å². The summed E-state index contributed by atoms with van der Waals surface area (Å²) in [6.07, 6.45) is 24.1. The lowest BCUT2D eigenvalue weighted by Gasteiger charge is -2.73. The van der Waals surface area contributed by atoms with Crippen LogP contribution in [0.5, 0.6) is 0 Å². The summed E-state index contributed by atoms with van der Waals surface area (Å²) in [6.45, 7) is 2.52. The molecule has 3 nitrogen and oxygen atoms in total. The second kappa shape index (κ2) is 10.4. The molecule has 30 heavy (non-hydrogen) atoms. The van der Waals surface area contributed by atoms with E-state index in [1.54, 1.807) is 0 Å². The van der Waals surface area contributed by atoms with Crippen LogP contribution in [0.2, 0.25) is 12.6 Å². The maximum absolute atomic E-state index is 12.6. The topological polar surface area (TPSA) is 38.3 Å². The van der Waals surface area contributed by atoms with Gasteiger partial charge in [0.2, 0.25) is 5.91 Å². The lowest BCUT2D eigenvalue weighted by Crippen LogP contribution is -2.76. The Morgan fingerprint density at radius 3 is 2.10 bits per heavy atom. The van der Waals surface area contributed by atoms with Gasteiger partial charge in [0.15, 0.2) is 0 Å². The van der Waals surface area contributed by atoms with Crippen LogP contribution in [0.3, 0.4) is 0 Å². The van der Waals surface area contributed by atoms with Crippen molar-refractivity contribution in [1.82, 2.24) is 5.32 Å². The van der Waals surface area contributed by atoms with Crippen molar-refractivity contribution in [3.8, 4) is 0 Å². The molecule has 5 fully saturated rings. The van der Waals surface area contributed by atoms with E-state index in [1.165, 1.54) is 103 Å². The number of amides is 1. The van der Waals surface area contributed by atoms with Gasteiger partial charge in [0.1, 0.15) is 13.9 Å². The van der Waals surface area contributed by atoms with Gasteiger partial charge >= 0.3 is 0 Å². The van der Waals surface area contributed by atoms with Gasteiger partial charge < -0.3 is 10.1 Å². The summed E-state index contributed by atoms with van der Waals surface area (Å²) < 4.78 is 6.06. The van der Waals surface area contributed by atoms with Gasteiger partial charge in [-0.1, -0.05) is 83.3 Å². The van der Waals surface area contributed by atoms with Gasteiger partial charge in [-0.2, -0.15) is 0 Å². The van der Waals surface area contributed by atoms with Gasteiger partial charge in [-0.25, -0.2) is 0 Å². The highest BCUT2D eigenvalue weighted by atomic mass is 16.5. The first kappa shape index (κ1) is 22.7. The third-order valence-corrected chi connectivity index (χ3v) is 9.07. The van der Waals surface area contributed by atoms with Crippen molar-refractivity contribution in [3.63, 3.8) is 0 Å². The summed E-state index contributed by atoms with van der Waals surface area (Å²) in [4.78, 5) is 12.6. The Morgan fingerprint density at radius 1 is 0.833 bits per heavy atom. The first-order valence-electron chi connectivity index (χ1n) is 13.4. The highest BCUT2D eigenvalue weighted by molar-refractivity contribution is 6.35. The molecule has 0 spiro atoms. The average Bonchev–Trinajstić information content (AvgIpc) is 2.89. The van der Waals surface area contributed by atoms with Crippen LogP contribution in [0, 0.1) is 11.3 Å². The SMILES string of the molecule is C[B]C1CCCCC(C23CC(NC(=O)COC4CCCCCCCC4)(C2)C3)CCC1. The molecule has 1 amide bonds. The first-order chi connectivity index (χ1) is 14.6. The maximum Gasteiger partial charge on any atom is 0.246 e. The van der Waals surface area contributed by atoms with E-state index < -0.39 is 0 Å². The Hall–Kier alpha value is -0.505. The largest absolute Gasteiger partial charge is 0.368 e. The van der Waals surface area contributed by atoms with Crippen molar-refractivity contribution < 1.29 is 9.53 Å². The molecule has 0 aliphatic heterocycles. The zero-order valence-electron chi connectivity index (χ0n) is 19.6. The van der Waals surface area contributed by atoms with Crippen molar-refractivity contribution in [3.05, 3.63) is 0 Å². The number of nitrogens with one attached hydrogen (secondary N) is 1. The smallest absolute Gasteiger partial charge is 0.246 e. The second-order valence-electron chi connectivity index (χ2n) is 11.4. The predicted molar refractivity (Wildman–Crippen MR) is 125 cm³/mol. The molecule has 2 atom stereocenters. The molecule has 0 aromatic heterocycles. The number of rotatable bonds is 6. The lowest BCUT2D eigenvalue weighted by molar-refractivity contribution is -0.198. The van der Waals surface area contributed by atoms with Gasteiger partial charge in [-0.05, 0) is 56.3 Å². The van der Waals surface area contributed by atoms with Gasteiger partial charge in [0.25, 0.3) is 0 Å². The fourth-order valence-electron chi connectivity index (χ4n) is 7.38. The summed E-state index contributed by atoms with van der Waals surface area (Å²) in [5.74, 6) is 1.89. The highest BCUT2D eigenvalue weighted by Gasteiger charge is 2.70. The molecule has 5 aliphatic rings. The van der Waals surface area contributed by atoms with E-state index in [9.17, 15) is 4.79 Å². The lowest BCUT2D eigenvalue weighted by atomic mass is 9.35. The van der Waals surface area contributed by atoms with E-state index in [2.05, 4.69) is 19.4 Å². The van der Waals surface area contributed by atoms with Crippen molar-refractivity contribution in [2.24, 2.45) is 11.3 Å². The molecule has 5 saturated carbocycles. The van der Waals surface area contributed by atoms with Crippen LogP contribution in [0.25, 0.3) is 0 Å². The molecule has 2 bridgehead atoms. The minimum atomic E-state index is 0.136. The molecule has 5 rings (SSSR count).